The van der Waals surface area contributed by atoms with Crippen LogP contribution in [0.4, 0.5) is 39.5 Å². The van der Waals surface area contributed by atoms with Gasteiger partial charge in [-0.25, -0.2) is 29.8 Å². The van der Waals surface area contributed by atoms with Crippen LogP contribution in [0, 0.1) is 0 Å². The molecule has 40 heavy (non-hydrogen) atoms. The van der Waals surface area contributed by atoms with E-state index in [1.807, 2.05) is 37.0 Å². The summed E-state index contributed by atoms with van der Waals surface area (Å²) in [6, 6.07) is 0. The zero-order valence-corrected chi connectivity index (χ0v) is 25.3. The summed E-state index contributed by atoms with van der Waals surface area (Å²) in [7, 11) is -14.6. The summed E-state index contributed by atoms with van der Waals surface area (Å²) in [6.07, 6.45) is 6.05. The Labute approximate surface area is 235 Å². The van der Waals surface area contributed by atoms with Gasteiger partial charge >= 0.3 is 36.3 Å². The van der Waals surface area contributed by atoms with Crippen LogP contribution in [-0.2, 0) is 54.9 Å². The number of methoxy groups -OCH3 is 1. The fraction of sp³-hybridized carbons (Fsp3) is 0.545. The van der Waals surface area contributed by atoms with Crippen molar-refractivity contribution in [3.8, 4) is 0 Å². The second kappa shape index (κ2) is 22.1. The monoisotopic (exact) mass is 862 g/mol. The van der Waals surface area contributed by atoms with Crippen molar-refractivity contribution in [1.29, 1.82) is 0 Å². The van der Waals surface area contributed by atoms with Crippen molar-refractivity contribution in [2.75, 3.05) is 14.2 Å². The van der Waals surface area contributed by atoms with Gasteiger partial charge in [-0.15, -0.1) is 0 Å². The third-order valence-electron chi connectivity index (χ3n) is 2.40. The third kappa shape index (κ3) is 28.0. The average molecular weight is 861 g/mol. The van der Waals surface area contributed by atoms with E-state index in [9.17, 15) is 39.5 Å². The minimum absolute atomic E-state index is 0. The molecule has 1 heterocycles. The maximum atomic E-state index is 10.7. The molecular formula is C11H27F9N6O10OsS3. The largest absolute Gasteiger partial charge is 2.00 e. The second-order valence-electron chi connectivity index (χ2n) is 5.03. The average Bonchev–Trinajstić information content (AvgIpc) is 2.96. The molecule has 0 aromatic rings. The first-order valence-electron chi connectivity index (χ1n) is 7.05. The molecule has 250 valence electrons. The smallest absolute Gasteiger partial charge is 0.741 e. The van der Waals surface area contributed by atoms with E-state index in [0.29, 0.717) is 0 Å². The van der Waals surface area contributed by atoms with E-state index in [1.54, 1.807) is 7.11 Å². The van der Waals surface area contributed by atoms with Gasteiger partial charge in [0.1, 0.15) is 12.8 Å². The predicted molar refractivity (Wildman–Crippen MR) is 113 cm³/mol. The SMILES string of the molecule is CO/C(C)=C1\C=C[N+](C)=C1.N.N.N.N.N.O=S(=O)([O-])C(F)(F)F.O=S(=O)([O-])C(F)(F)F.O=S(=O)([O-])C(F)(F)F.[Os+2]. The quantitative estimate of drug-likeness (QED) is 0.0829. The summed E-state index contributed by atoms with van der Waals surface area (Å²) in [5.41, 5.74) is -15.8. The molecule has 0 saturated heterocycles. The van der Waals surface area contributed by atoms with Gasteiger partial charge in [0.2, 0.25) is 0 Å². The van der Waals surface area contributed by atoms with Gasteiger partial charge in [-0.1, -0.05) is 0 Å². The van der Waals surface area contributed by atoms with E-state index in [0.717, 1.165) is 11.3 Å². The molecule has 0 spiro atoms. The molecule has 0 amide bonds. The molecule has 0 fully saturated rings. The Bertz CT molecular complexity index is 1010. The first-order valence-corrected chi connectivity index (χ1v) is 11.3. The van der Waals surface area contributed by atoms with Gasteiger partial charge in [0.15, 0.2) is 42.8 Å². The fourth-order valence-corrected chi connectivity index (χ4v) is 0.829. The first kappa shape index (κ1) is 62.2. The number of hydrogen-bond acceptors (Lipinski definition) is 15. The van der Waals surface area contributed by atoms with Gasteiger partial charge in [0, 0.05) is 6.08 Å². The number of nitrogens with zero attached hydrogens (tertiary/aromatic N) is 1. The van der Waals surface area contributed by atoms with Crippen LogP contribution in [-0.4, -0.2) is 80.4 Å². The molecule has 1 rings (SSSR count). The minimum Gasteiger partial charge on any atom is -0.741 e. The van der Waals surface area contributed by atoms with E-state index in [2.05, 4.69) is 0 Å². The van der Waals surface area contributed by atoms with Gasteiger partial charge in [-0.05, 0) is 6.92 Å². The molecule has 15 N–H and O–H groups in total. The summed E-state index contributed by atoms with van der Waals surface area (Å²) in [5.74, 6) is 0.959. The molecule has 0 aromatic heterocycles. The molecule has 0 aromatic carbocycles. The van der Waals surface area contributed by atoms with Crippen molar-refractivity contribution in [2.45, 2.75) is 23.4 Å². The summed E-state index contributed by atoms with van der Waals surface area (Å²) in [5, 5.41) is 0. The molecule has 0 bridgehead atoms. The number of hydrogen-bond donors (Lipinski definition) is 5. The molecule has 29 heteroatoms. The topological polar surface area (TPSA) is 359 Å². The van der Waals surface area contributed by atoms with Gasteiger partial charge in [-0.3, -0.25) is 0 Å². The number of rotatable bonds is 1. The summed E-state index contributed by atoms with van der Waals surface area (Å²) >= 11 is 0. The second-order valence-corrected chi connectivity index (χ2v) is 9.14. The zero-order valence-electron chi connectivity index (χ0n) is 20.3. The molecule has 0 atom stereocenters. The third-order valence-corrected chi connectivity index (χ3v) is 4.10. The van der Waals surface area contributed by atoms with E-state index in [4.69, 9.17) is 43.6 Å². The predicted octanol–water partition coefficient (Wildman–Crippen LogP) is 2.11. The van der Waals surface area contributed by atoms with E-state index >= 15 is 0 Å². The number of ether oxygens (including phenoxy) is 1. The Balaban J connectivity index is -0.0000000438. The standard InChI is InChI=1S/C8H12NO.3CHF3O3S.5H3N.Os/c1-7(10-3)8-4-5-9(2)6-8;3*2-1(3,4)8(5,6)7;;;;;;/h4-6H,1-3H3;3*(H,5,6,7);5*1H3;/q+1;;;;;;;;;+2/p-3/b8-7+;;;;;;;;;. The van der Waals surface area contributed by atoms with Crippen LogP contribution in [0.15, 0.2) is 23.6 Å². The molecule has 0 radical (unpaired) electrons. The van der Waals surface area contributed by atoms with Crippen molar-refractivity contribution in [3.63, 3.8) is 0 Å². The Kier molecular flexibility index (Phi) is 34.4. The van der Waals surface area contributed by atoms with Gasteiger partial charge < -0.3 is 49.1 Å². The van der Waals surface area contributed by atoms with Crippen molar-refractivity contribution in [2.24, 2.45) is 0 Å². The van der Waals surface area contributed by atoms with Crippen LogP contribution in [0.3, 0.4) is 0 Å². The molecular weight excluding hydrogens is 834 g/mol. The van der Waals surface area contributed by atoms with Gasteiger partial charge in [-0.2, -0.15) is 39.5 Å². The fourth-order valence-electron chi connectivity index (χ4n) is 0.829. The van der Waals surface area contributed by atoms with Crippen molar-refractivity contribution >= 4 is 36.6 Å². The minimum atomic E-state index is -6.09. The van der Waals surface area contributed by atoms with Crippen LogP contribution in [0.1, 0.15) is 6.92 Å². The molecule has 1 aliphatic heterocycles. The Morgan fingerprint density at radius 2 is 0.900 bits per heavy atom. The number of allylic oxidation sites excluding steroid dienone is 3. The van der Waals surface area contributed by atoms with Gasteiger partial charge in [0.05, 0.1) is 12.7 Å². The van der Waals surface area contributed by atoms with Crippen molar-refractivity contribution in [3.05, 3.63) is 23.6 Å². The zero-order chi connectivity index (χ0) is 28.6. The van der Waals surface area contributed by atoms with E-state index in [1.165, 1.54) is 0 Å². The van der Waals surface area contributed by atoms with Crippen LogP contribution >= 0.6 is 0 Å². The van der Waals surface area contributed by atoms with Crippen LogP contribution in [0.2, 0.25) is 0 Å². The van der Waals surface area contributed by atoms with Crippen LogP contribution in [0.25, 0.3) is 0 Å². The molecule has 16 nitrogen and oxygen atoms in total. The Hall–Kier alpha value is -1.51. The summed E-state index contributed by atoms with van der Waals surface area (Å²) in [4.78, 5) is 0. The summed E-state index contributed by atoms with van der Waals surface area (Å²) in [6.45, 7) is 1.95. The van der Waals surface area contributed by atoms with Crippen LogP contribution < -0.4 is 30.8 Å². The number of halogens is 9. The van der Waals surface area contributed by atoms with E-state index in [-0.39, 0.29) is 50.5 Å². The molecule has 0 unspecified atom stereocenters. The molecule has 0 aliphatic carbocycles. The Morgan fingerprint density at radius 3 is 1.00 bits per heavy atom. The maximum absolute atomic E-state index is 10.7. The molecule has 0 saturated carbocycles. The van der Waals surface area contributed by atoms with E-state index < -0.39 is 46.9 Å². The van der Waals surface area contributed by atoms with Gasteiger partial charge in [0.25, 0.3) is 0 Å². The molecule has 1 aliphatic rings. The normalized spacial score (nSPS) is 13.6. The Morgan fingerprint density at radius 1 is 0.700 bits per heavy atom. The van der Waals surface area contributed by atoms with Crippen molar-refractivity contribution < 1.29 is 108 Å². The maximum Gasteiger partial charge on any atom is 2.00 e. The van der Waals surface area contributed by atoms with Crippen molar-refractivity contribution in [1.82, 2.24) is 30.8 Å². The van der Waals surface area contributed by atoms with Crippen LogP contribution in [0.5, 0.6) is 0 Å². The summed E-state index contributed by atoms with van der Waals surface area (Å²) < 4.78 is 184. The number of alkyl halides is 9. The first-order chi connectivity index (χ1) is 14.5.